The molecule has 0 saturated heterocycles. The number of nitrogens with one attached hydrogen (secondary N) is 1. The lowest BCUT2D eigenvalue weighted by Crippen LogP contribution is -2.08. The molecule has 0 radical (unpaired) electrons. The Hall–Kier alpha value is -3.68. The fourth-order valence-corrected chi connectivity index (χ4v) is 2.31. The van der Waals surface area contributed by atoms with Gasteiger partial charge in [0.2, 0.25) is 5.91 Å². The predicted molar refractivity (Wildman–Crippen MR) is 96.4 cm³/mol. The SMILES string of the molecule is COc1ccc(/C=C/C(=O)Nc2cccc(-n3cnnn3)c2)c(OC)c1. The van der Waals surface area contributed by atoms with Crippen molar-refractivity contribution in [1.82, 2.24) is 20.2 Å². The van der Waals surface area contributed by atoms with Crippen LogP contribution in [0.1, 0.15) is 5.56 Å². The molecule has 1 amide bonds. The maximum Gasteiger partial charge on any atom is 0.248 e. The average molecular weight is 351 g/mol. The van der Waals surface area contributed by atoms with Gasteiger partial charge < -0.3 is 14.8 Å². The molecule has 1 N–H and O–H groups in total. The van der Waals surface area contributed by atoms with Crippen LogP contribution < -0.4 is 14.8 Å². The van der Waals surface area contributed by atoms with Crippen molar-refractivity contribution < 1.29 is 14.3 Å². The zero-order valence-corrected chi connectivity index (χ0v) is 14.3. The zero-order chi connectivity index (χ0) is 18.4. The van der Waals surface area contributed by atoms with Crippen molar-refractivity contribution in [3.8, 4) is 17.2 Å². The number of hydrogen-bond acceptors (Lipinski definition) is 6. The highest BCUT2D eigenvalue weighted by atomic mass is 16.5. The fraction of sp³-hybridized carbons (Fsp3) is 0.111. The molecule has 3 rings (SSSR count). The van der Waals surface area contributed by atoms with Crippen LogP contribution in [0.4, 0.5) is 5.69 Å². The van der Waals surface area contributed by atoms with E-state index in [4.69, 9.17) is 9.47 Å². The highest BCUT2D eigenvalue weighted by molar-refractivity contribution is 6.02. The van der Waals surface area contributed by atoms with Crippen LogP contribution in [0, 0.1) is 0 Å². The smallest absolute Gasteiger partial charge is 0.248 e. The third-order valence-electron chi connectivity index (χ3n) is 3.58. The first-order valence-electron chi connectivity index (χ1n) is 7.74. The number of aromatic nitrogens is 4. The second kappa shape index (κ2) is 7.93. The summed E-state index contributed by atoms with van der Waals surface area (Å²) < 4.78 is 12.0. The fourth-order valence-electron chi connectivity index (χ4n) is 2.31. The van der Waals surface area contributed by atoms with Gasteiger partial charge in [-0.2, -0.15) is 0 Å². The maximum atomic E-state index is 12.2. The summed E-state index contributed by atoms with van der Waals surface area (Å²) in [5.74, 6) is 1.04. The van der Waals surface area contributed by atoms with Gasteiger partial charge in [-0.1, -0.05) is 6.07 Å². The third kappa shape index (κ3) is 4.04. The van der Waals surface area contributed by atoms with E-state index in [0.29, 0.717) is 17.2 Å². The summed E-state index contributed by atoms with van der Waals surface area (Å²) in [6.07, 6.45) is 4.60. The standard InChI is InChI=1S/C18H17N5O3/c1-25-16-8-6-13(17(11-16)26-2)7-9-18(24)20-14-4-3-5-15(10-14)23-12-19-21-22-23/h3-12H,1-2H3,(H,20,24)/b9-7+. The van der Waals surface area contributed by atoms with Crippen molar-refractivity contribution in [2.45, 2.75) is 0 Å². The maximum absolute atomic E-state index is 12.2. The van der Waals surface area contributed by atoms with Gasteiger partial charge in [-0.15, -0.1) is 5.10 Å². The van der Waals surface area contributed by atoms with E-state index in [0.717, 1.165) is 11.3 Å². The number of rotatable bonds is 6. The summed E-state index contributed by atoms with van der Waals surface area (Å²) in [5, 5.41) is 13.8. The third-order valence-corrected chi connectivity index (χ3v) is 3.58. The number of methoxy groups -OCH3 is 2. The van der Waals surface area contributed by atoms with E-state index in [1.165, 1.54) is 17.1 Å². The van der Waals surface area contributed by atoms with Gasteiger partial charge >= 0.3 is 0 Å². The van der Waals surface area contributed by atoms with E-state index in [1.54, 1.807) is 44.6 Å². The Kier molecular flexibility index (Phi) is 5.23. The number of benzene rings is 2. The van der Waals surface area contributed by atoms with E-state index in [1.807, 2.05) is 18.2 Å². The summed E-state index contributed by atoms with van der Waals surface area (Å²) in [7, 11) is 3.15. The van der Waals surface area contributed by atoms with Crippen LogP contribution in [-0.4, -0.2) is 40.3 Å². The number of hydrogen-bond donors (Lipinski definition) is 1. The molecule has 132 valence electrons. The number of amides is 1. The van der Waals surface area contributed by atoms with Gasteiger partial charge in [-0.05, 0) is 46.8 Å². The number of anilines is 1. The highest BCUT2D eigenvalue weighted by Gasteiger charge is 2.05. The monoisotopic (exact) mass is 351 g/mol. The van der Waals surface area contributed by atoms with Crippen LogP contribution in [0.2, 0.25) is 0 Å². The van der Waals surface area contributed by atoms with Gasteiger partial charge in [-0.3, -0.25) is 4.79 Å². The number of carbonyl (C=O) groups excluding carboxylic acids is 1. The van der Waals surface area contributed by atoms with E-state index in [9.17, 15) is 4.79 Å². The van der Waals surface area contributed by atoms with Crippen molar-refractivity contribution in [3.63, 3.8) is 0 Å². The lowest BCUT2D eigenvalue weighted by atomic mass is 10.1. The molecule has 0 spiro atoms. The van der Waals surface area contributed by atoms with Crippen molar-refractivity contribution >= 4 is 17.7 Å². The summed E-state index contributed by atoms with van der Waals surface area (Å²) in [6, 6.07) is 12.6. The van der Waals surface area contributed by atoms with Crippen molar-refractivity contribution in [3.05, 3.63) is 60.4 Å². The Morgan fingerprint density at radius 1 is 1.15 bits per heavy atom. The first-order valence-corrected chi connectivity index (χ1v) is 7.74. The molecule has 0 aliphatic carbocycles. The topological polar surface area (TPSA) is 91.2 Å². The van der Waals surface area contributed by atoms with E-state index in [2.05, 4.69) is 20.8 Å². The Labute approximate surface area is 150 Å². The molecule has 8 nitrogen and oxygen atoms in total. The minimum Gasteiger partial charge on any atom is -0.497 e. The molecule has 0 bridgehead atoms. The lowest BCUT2D eigenvalue weighted by molar-refractivity contribution is -0.111. The first-order chi connectivity index (χ1) is 12.7. The van der Waals surface area contributed by atoms with Crippen molar-refractivity contribution in [1.29, 1.82) is 0 Å². The van der Waals surface area contributed by atoms with E-state index < -0.39 is 0 Å². The summed E-state index contributed by atoms with van der Waals surface area (Å²) in [4.78, 5) is 12.2. The Balaban J connectivity index is 1.71. The van der Waals surface area contributed by atoms with Crippen molar-refractivity contribution in [2.24, 2.45) is 0 Å². The molecule has 8 heteroatoms. The Morgan fingerprint density at radius 2 is 2.04 bits per heavy atom. The molecular weight excluding hydrogens is 334 g/mol. The van der Waals surface area contributed by atoms with Crippen LogP contribution in [0.3, 0.4) is 0 Å². The van der Waals surface area contributed by atoms with Crippen LogP contribution in [-0.2, 0) is 4.79 Å². The summed E-state index contributed by atoms with van der Waals surface area (Å²) in [6.45, 7) is 0. The van der Waals surface area contributed by atoms with Crippen LogP contribution in [0.5, 0.6) is 11.5 Å². The second-order valence-electron chi connectivity index (χ2n) is 5.24. The molecule has 0 atom stereocenters. The van der Waals surface area contributed by atoms with Gasteiger partial charge in [-0.25, -0.2) is 4.68 Å². The first kappa shape index (κ1) is 17.2. The van der Waals surface area contributed by atoms with E-state index in [-0.39, 0.29) is 5.91 Å². The molecule has 26 heavy (non-hydrogen) atoms. The quantitative estimate of drug-likeness (QED) is 0.686. The van der Waals surface area contributed by atoms with Crippen LogP contribution >= 0.6 is 0 Å². The molecule has 3 aromatic rings. The van der Waals surface area contributed by atoms with Crippen LogP contribution in [0.15, 0.2) is 54.9 Å². The molecule has 2 aromatic carbocycles. The van der Waals surface area contributed by atoms with Gasteiger partial charge in [0.15, 0.2) is 0 Å². The molecule has 0 unspecified atom stereocenters. The summed E-state index contributed by atoms with van der Waals surface area (Å²) in [5.41, 5.74) is 2.15. The number of tetrazole rings is 1. The molecule has 0 saturated carbocycles. The molecule has 0 fully saturated rings. The average Bonchev–Trinajstić information content (AvgIpc) is 3.21. The lowest BCUT2D eigenvalue weighted by Gasteiger charge is -2.07. The van der Waals surface area contributed by atoms with Crippen LogP contribution in [0.25, 0.3) is 11.8 Å². The molecule has 0 aliphatic rings. The second-order valence-corrected chi connectivity index (χ2v) is 5.24. The molecule has 1 heterocycles. The Morgan fingerprint density at radius 3 is 2.77 bits per heavy atom. The predicted octanol–water partition coefficient (Wildman–Crippen LogP) is 2.33. The number of carbonyl (C=O) groups is 1. The molecule has 1 aromatic heterocycles. The van der Waals surface area contributed by atoms with Gasteiger partial charge in [0.1, 0.15) is 17.8 Å². The highest BCUT2D eigenvalue weighted by Crippen LogP contribution is 2.25. The van der Waals surface area contributed by atoms with Gasteiger partial charge in [0.05, 0.1) is 19.9 Å². The van der Waals surface area contributed by atoms with Gasteiger partial charge in [0, 0.05) is 23.4 Å². The minimum atomic E-state index is -0.267. The largest absolute Gasteiger partial charge is 0.497 e. The number of ether oxygens (including phenoxy) is 2. The normalized spacial score (nSPS) is 10.7. The zero-order valence-electron chi connectivity index (χ0n) is 14.3. The number of nitrogens with zero attached hydrogens (tertiary/aromatic N) is 4. The summed E-state index contributed by atoms with van der Waals surface area (Å²) >= 11 is 0. The van der Waals surface area contributed by atoms with Gasteiger partial charge in [0.25, 0.3) is 0 Å². The molecular formula is C18H17N5O3. The molecule has 0 aliphatic heterocycles. The van der Waals surface area contributed by atoms with E-state index >= 15 is 0 Å². The Bertz CT molecular complexity index is 922. The minimum absolute atomic E-state index is 0.267. The van der Waals surface area contributed by atoms with Crippen molar-refractivity contribution in [2.75, 3.05) is 19.5 Å².